The van der Waals surface area contributed by atoms with Crippen LogP contribution in [0.4, 0.5) is 0 Å². The van der Waals surface area contributed by atoms with Crippen LogP contribution < -0.4 is 5.32 Å². The van der Waals surface area contributed by atoms with Crippen molar-refractivity contribution in [3.05, 3.63) is 0 Å². The molecule has 0 saturated heterocycles. The fourth-order valence-electron chi connectivity index (χ4n) is 2.08. The first-order chi connectivity index (χ1) is 7.15. The Balaban J connectivity index is 2.46. The lowest BCUT2D eigenvalue weighted by Crippen LogP contribution is -2.46. The molecular weight excluding hydrogens is 198 g/mol. The van der Waals surface area contributed by atoms with Crippen molar-refractivity contribution in [1.29, 1.82) is 0 Å². The normalized spacial score (nSPS) is 19.5. The van der Waals surface area contributed by atoms with Crippen LogP contribution >= 0.6 is 0 Å². The highest BCUT2D eigenvalue weighted by Gasteiger charge is 2.26. The molecule has 1 aliphatic carbocycles. The molecule has 0 aromatic rings. The number of carbonyl (C=O) groups excluding carboxylic acids is 1. The standard InChI is InChI=1S/C10H17NO4/c12-6-8(11-9(13)10(14)15)7-4-2-1-3-5-7/h7-8,12H,1-6H2,(H,11,13)(H,14,15). The third kappa shape index (κ3) is 3.51. The first-order valence-electron chi connectivity index (χ1n) is 5.29. The van der Waals surface area contributed by atoms with Gasteiger partial charge in [0.25, 0.3) is 0 Å². The van der Waals surface area contributed by atoms with E-state index in [1.807, 2.05) is 0 Å². The monoisotopic (exact) mass is 215 g/mol. The van der Waals surface area contributed by atoms with Crippen molar-refractivity contribution in [2.45, 2.75) is 38.1 Å². The summed E-state index contributed by atoms with van der Waals surface area (Å²) < 4.78 is 0. The van der Waals surface area contributed by atoms with E-state index >= 15 is 0 Å². The van der Waals surface area contributed by atoms with Crippen molar-refractivity contribution in [3.8, 4) is 0 Å². The number of aliphatic hydroxyl groups excluding tert-OH is 1. The summed E-state index contributed by atoms with van der Waals surface area (Å²) in [7, 11) is 0. The molecule has 1 amide bonds. The summed E-state index contributed by atoms with van der Waals surface area (Å²) >= 11 is 0. The number of nitrogens with one attached hydrogen (secondary N) is 1. The van der Waals surface area contributed by atoms with Crippen LogP contribution in [0.2, 0.25) is 0 Å². The molecule has 1 fully saturated rings. The lowest BCUT2D eigenvalue weighted by Gasteiger charge is -2.29. The number of aliphatic hydroxyl groups is 1. The zero-order valence-corrected chi connectivity index (χ0v) is 8.61. The van der Waals surface area contributed by atoms with Crippen LogP contribution in [0.15, 0.2) is 0 Å². The summed E-state index contributed by atoms with van der Waals surface area (Å²) in [6, 6.07) is -0.408. The van der Waals surface area contributed by atoms with Crippen molar-refractivity contribution < 1.29 is 19.8 Å². The molecular formula is C10H17NO4. The van der Waals surface area contributed by atoms with Crippen molar-refractivity contribution in [3.63, 3.8) is 0 Å². The molecule has 0 aromatic heterocycles. The molecule has 1 unspecified atom stereocenters. The largest absolute Gasteiger partial charge is 0.474 e. The number of amides is 1. The van der Waals surface area contributed by atoms with Gasteiger partial charge in [-0.3, -0.25) is 4.79 Å². The van der Waals surface area contributed by atoms with E-state index < -0.39 is 17.9 Å². The van der Waals surface area contributed by atoms with E-state index in [-0.39, 0.29) is 12.5 Å². The van der Waals surface area contributed by atoms with Gasteiger partial charge in [0.2, 0.25) is 0 Å². The Labute approximate surface area is 88.5 Å². The van der Waals surface area contributed by atoms with Gasteiger partial charge in [-0.15, -0.1) is 0 Å². The van der Waals surface area contributed by atoms with E-state index in [4.69, 9.17) is 10.2 Å². The molecule has 15 heavy (non-hydrogen) atoms. The fraction of sp³-hybridized carbons (Fsp3) is 0.800. The summed E-state index contributed by atoms with van der Waals surface area (Å²) in [6.07, 6.45) is 5.26. The Morgan fingerprint density at radius 3 is 2.33 bits per heavy atom. The van der Waals surface area contributed by atoms with Crippen LogP contribution in [0.25, 0.3) is 0 Å². The predicted octanol–water partition coefficient (Wildman–Crippen LogP) is 0.128. The Bertz CT molecular complexity index is 236. The molecule has 3 N–H and O–H groups in total. The Morgan fingerprint density at radius 1 is 1.27 bits per heavy atom. The first-order valence-corrected chi connectivity index (χ1v) is 5.29. The minimum absolute atomic E-state index is 0.191. The van der Waals surface area contributed by atoms with Crippen LogP contribution in [0, 0.1) is 5.92 Å². The molecule has 86 valence electrons. The molecule has 5 heteroatoms. The van der Waals surface area contributed by atoms with E-state index in [0.717, 1.165) is 25.7 Å². The van der Waals surface area contributed by atoms with Gasteiger partial charge < -0.3 is 15.5 Å². The number of hydrogen-bond acceptors (Lipinski definition) is 3. The predicted molar refractivity (Wildman–Crippen MR) is 53.2 cm³/mol. The highest BCUT2D eigenvalue weighted by Crippen LogP contribution is 2.26. The maximum absolute atomic E-state index is 10.9. The smallest absolute Gasteiger partial charge is 0.394 e. The Hall–Kier alpha value is -1.10. The van der Waals surface area contributed by atoms with Crippen LogP contribution in [0.3, 0.4) is 0 Å². The average molecular weight is 215 g/mol. The maximum Gasteiger partial charge on any atom is 0.394 e. The van der Waals surface area contributed by atoms with Gasteiger partial charge in [-0.1, -0.05) is 19.3 Å². The van der Waals surface area contributed by atoms with Crippen molar-refractivity contribution in [2.75, 3.05) is 6.61 Å². The average Bonchev–Trinajstić information content (AvgIpc) is 2.26. The van der Waals surface area contributed by atoms with E-state index in [0.29, 0.717) is 0 Å². The van der Waals surface area contributed by atoms with Gasteiger partial charge in [-0.05, 0) is 18.8 Å². The van der Waals surface area contributed by atoms with Crippen molar-refractivity contribution >= 4 is 11.9 Å². The molecule has 0 radical (unpaired) electrons. The number of carbonyl (C=O) groups is 2. The van der Waals surface area contributed by atoms with Crippen LogP contribution in [0.1, 0.15) is 32.1 Å². The summed E-state index contributed by atoms with van der Waals surface area (Å²) in [5.74, 6) is -2.31. The second-order valence-corrected chi connectivity index (χ2v) is 3.97. The molecule has 1 aliphatic rings. The fourth-order valence-corrected chi connectivity index (χ4v) is 2.08. The van der Waals surface area contributed by atoms with Gasteiger partial charge in [0.15, 0.2) is 0 Å². The number of rotatable bonds is 3. The number of carboxylic acids is 1. The van der Waals surface area contributed by atoms with Crippen molar-refractivity contribution in [2.24, 2.45) is 5.92 Å². The minimum atomic E-state index is -1.50. The topological polar surface area (TPSA) is 86.6 Å². The Morgan fingerprint density at radius 2 is 1.87 bits per heavy atom. The second kappa shape index (κ2) is 5.70. The van der Waals surface area contributed by atoms with E-state index in [2.05, 4.69) is 5.32 Å². The van der Waals surface area contributed by atoms with Gasteiger partial charge in [0, 0.05) is 0 Å². The third-order valence-corrected chi connectivity index (χ3v) is 2.93. The quantitative estimate of drug-likeness (QED) is 0.584. The summed E-state index contributed by atoms with van der Waals surface area (Å²) in [4.78, 5) is 21.3. The van der Waals surface area contributed by atoms with E-state index in [9.17, 15) is 9.59 Å². The van der Waals surface area contributed by atoms with Crippen LogP contribution in [-0.2, 0) is 9.59 Å². The van der Waals surface area contributed by atoms with Gasteiger partial charge in [-0.25, -0.2) is 4.79 Å². The highest BCUT2D eigenvalue weighted by molar-refractivity contribution is 6.31. The molecule has 1 rings (SSSR count). The van der Waals surface area contributed by atoms with Crippen molar-refractivity contribution in [1.82, 2.24) is 5.32 Å². The SMILES string of the molecule is O=C(O)C(=O)NC(CO)C1CCCCC1. The first kappa shape index (κ1) is 12.0. The van der Waals surface area contributed by atoms with Crippen LogP contribution in [-0.4, -0.2) is 34.7 Å². The number of aliphatic carboxylic acids is 1. The summed E-state index contributed by atoms with van der Waals surface area (Å²) in [6.45, 7) is -0.191. The molecule has 0 heterocycles. The third-order valence-electron chi connectivity index (χ3n) is 2.93. The van der Waals surface area contributed by atoms with E-state index in [1.165, 1.54) is 6.42 Å². The van der Waals surface area contributed by atoms with Gasteiger partial charge in [0.1, 0.15) is 0 Å². The summed E-state index contributed by atoms with van der Waals surface area (Å²) in [5, 5.41) is 19.9. The highest BCUT2D eigenvalue weighted by atomic mass is 16.4. The zero-order valence-electron chi connectivity index (χ0n) is 8.61. The summed E-state index contributed by atoms with van der Waals surface area (Å²) in [5.41, 5.74) is 0. The van der Waals surface area contributed by atoms with Gasteiger partial charge in [-0.2, -0.15) is 0 Å². The Kier molecular flexibility index (Phi) is 4.55. The second-order valence-electron chi connectivity index (χ2n) is 3.97. The minimum Gasteiger partial charge on any atom is -0.474 e. The lowest BCUT2D eigenvalue weighted by atomic mass is 9.84. The van der Waals surface area contributed by atoms with Gasteiger partial charge in [0.05, 0.1) is 12.6 Å². The molecule has 1 atom stereocenters. The van der Waals surface area contributed by atoms with Crippen LogP contribution in [0.5, 0.6) is 0 Å². The van der Waals surface area contributed by atoms with E-state index in [1.54, 1.807) is 0 Å². The molecule has 0 bridgehead atoms. The van der Waals surface area contributed by atoms with Gasteiger partial charge >= 0.3 is 11.9 Å². The lowest BCUT2D eigenvalue weighted by molar-refractivity contribution is -0.150. The zero-order chi connectivity index (χ0) is 11.3. The molecule has 5 nitrogen and oxygen atoms in total. The molecule has 1 saturated carbocycles. The molecule has 0 aromatic carbocycles. The molecule has 0 aliphatic heterocycles. The number of carboxylic acid groups (broad SMARTS) is 1. The number of hydrogen-bond donors (Lipinski definition) is 3. The maximum atomic E-state index is 10.9. The molecule has 0 spiro atoms.